The fourth-order valence-electron chi connectivity index (χ4n) is 1.07. The molecule has 0 unspecified atom stereocenters. The molecule has 0 aromatic heterocycles. The first-order valence-electron chi connectivity index (χ1n) is 4.21. The molecule has 0 heterocycles. The van der Waals surface area contributed by atoms with E-state index in [-0.39, 0.29) is 5.56 Å². The van der Waals surface area contributed by atoms with E-state index < -0.39 is 5.82 Å². The van der Waals surface area contributed by atoms with Crippen molar-refractivity contribution in [2.45, 2.75) is 0 Å². The van der Waals surface area contributed by atoms with E-state index in [0.29, 0.717) is 5.69 Å². The first kappa shape index (κ1) is 10.9. The summed E-state index contributed by atoms with van der Waals surface area (Å²) in [4.78, 5) is 0. The Bertz CT molecular complexity index is 346. The van der Waals surface area contributed by atoms with Crippen LogP contribution in [0.2, 0.25) is 0 Å². The van der Waals surface area contributed by atoms with Crippen molar-refractivity contribution >= 4 is 17.4 Å². The highest BCUT2D eigenvalue weighted by Crippen LogP contribution is 2.17. The summed E-state index contributed by atoms with van der Waals surface area (Å²) >= 11 is 1.70. The highest BCUT2D eigenvalue weighted by Gasteiger charge is 2.05. The second-order valence-corrected chi connectivity index (χ2v) is 3.68. The second-order valence-electron chi connectivity index (χ2n) is 2.69. The van der Waals surface area contributed by atoms with Gasteiger partial charge < -0.3 is 5.32 Å². The predicted molar refractivity (Wildman–Crippen MR) is 58.0 cm³/mol. The maximum Gasteiger partial charge on any atom is 0.143 e. The third kappa shape index (κ3) is 2.64. The summed E-state index contributed by atoms with van der Waals surface area (Å²) in [7, 11) is 0. The molecular formula is C10H11FN2S. The number of rotatable bonds is 4. The molecule has 0 saturated carbocycles. The highest BCUT2D eigenvalue weighted by atomic mass is 32.2. The van der Waals surface area contributed by atoms with Gasteiger partial charge in [0.15, 0.2) is 0 Å². The van der Waals surface area contributed by atoms with E-state index in [1.807, 2.05) is 12.3 Å². The summed E-state index contributed by atoms with van der Waals surface area (Å²) in [5, 5.41) is 11.7. The molecule has 1 aromatic carbocycles. The first-order chi connectivity index (χ1) is 6.79. The van der Waals surface area contributed by atoms with Gasteiger partial charge >= 0.3 is 0 Å². The number of nitrogens with one attached hydrogen (secondary N) is 1. The first-order valence-corrected chi connectivity index (χ1v) is 5.60. The van der Waals surface area contributed by atoms with Gasteiger partial charge in [-0.05, 0) is 18.4 Å². The minimum atomic E-state index is -0.471. The Kier molecular flexibility index (Phi) is 4.27. The van der Waals surface area contributed by atoms with Crippen LogP contribution in [0.15, 0.2) is 18.2 Å². The summed E-state index contributed by atoms with van der Waals surface area (Å²) in [5.41, 5.74) is 0.662. The predicted octanol–water partition coefficient (Wildman–Crippen LogP) is 2.47. The molecule has 1 N–H and O–H groups in total. The Hall–Kier alpha value is -1.21. The SMILES string of the molecule is CSCCNc1cccc(F)c1C#N. The quantitative estimate of drug-likeness (QED) is 0.775. The maximum absolute atomic E-state index is 13.1. The third-order valence-electron chi connectivity index (χ3n) is 1.75. The van der Waals surface area contributed by atoms with Gasteiger partial charge in [-0.25, -0.2) is 4.39 Å². The largest absolute Gasteiger partial charge is 0.383 e. The van der Waals surface area contributed by atoms with Crippen molar-refractivity contribution < 1.29 is 4.39 Å². The molecule has 0 aliphatic heterocycles. The molecule has 4 heteroatoms. The molecule has 1 rings (SSSR count). The normalized spacial score (nSPS) is 9.50. The number of halogens is 1. The minimum absolute atomic E-state index is 0.0913. The summed E-state index contributed by atoms with van der Waals surface area (Å²) < 4.78 is 13.1. The van der Waals surface area contributed by atoms with Crippen LogP contribution in [0.1, 0.15) is 5.56 Å². The van der Waals surface area contributed by atoms with Gasteiger partial charge in [-0.3, -0.25) is 0 Å². The molecule has 0 bridgehead atoms. The number of hydrogen-bond donors (Lipinski definition) is 1. The summed E-state index contributed by atoms with van der Waals surface area (Å²) in [5.74, 6) is 0.461. The van der Waals surface area contributed by atoms with Gasteiger partial charge in [-0.1, -0.05) is 6.07 Å². The smallest absolute Gasteiger partial charge is 0.143 e. The zero-order valence-electron chi connectivity index (χ0n) is 7.88. The summed E-state index contributed by atoms with van der Waals surface area (Å²) in [6, 6.07) is 6.44. The Balaban J connectivity index is 2.76. The molecule has 2 nitrogen and oxygen atoms in total. The van der Waals surface area contributed by atoms with Gasteiger partial charge in [0.05, 0.1) is 5.69 Å². The van der Waals surface area contributed by atoms with E-state index in [1.165, 1.54) is 6.07 Å². The highest BCUT2D eigenvalue weighted by molar-refractivity contribution is 7.98. The standard InChI is InChI=1S/C10H11FN2S/c1-14-6-5-13-10-4-2-3-9(11)8(10)7-12/h2-4,13H,5-6H2,1H3. The van der Waals surface area contributed by atoms with Gasteiger partial charge in [0.2, 0.25) is 0 Å². The monoisotopic (exact) mass is 210 g/mol. The Labute approximate surface area is 87.1 Å². The van der Waals surface area contributed by atoms with E-state index in [4.69, 9.17) is 5.26 Å². The molecule has 0 aliphatic rings. The molecule has 74 valence electrons. The van der Waals surface area contributed by atoms with E-state index in [0.717, 1.165) is 12.3 Å². The molecule has 0 amide bonds. The molecule has 0 radical (unpaired) electrons. The fraction of sp³-hybridized carbons (Fsp3) is 0.300. The van der Waals surface area contributed by atoms with Crippen LogP contribution < -0.4 is 5.32 Å². The molecule has 0 aliphatic carbocycles. The lowest BCUT2D eigenvalue weighted by Crippen LogP contribution is -2.05. The van der Waals surface area contributed by atoms with Crippen LogP contribution in [0.5, 0.6) is 0 Å². The van der Waals surface area contributed by atoms with E-state index in [2.05, 4.69) is 5.32 Å². The number of benzene rings is 1. The molecule has 0 saturated heterocycles. The number of nitriles is 1. The zero-order valence-corrected chi connectivity index (χ0v) is 8.70. The van der Waals surface area contributed by atoms with E-state index >= 15 is 0 Å². The molecule has 0 fully saturated rings. The molecule has 14 heavy (non-hydrogen) atoms. The van der Waals surface area contributed by atoms with Crippen LogP contribution in [0.4, 0.5) is 10.1 Å². The maximum atomic E-state index is 13.1. The summed E-state index contributed by atoms with van der Waals surface area (Å²) in [6.45, 7) is 0.735. The Morgan fingerprint density at radius 3 is 3.00 bits per heavy atom. The molecule has 1 aromatic rings. The number of anilines is 1. The average Bonchev–Trinajstić information content (AvgIpc) is 2.18. The van der Waals surface area contributed by atoms with Crippen LogP contribution in [0, 0.1) is 17.1 Å². The second kappa shape index (κ2) is 5.51. The number of hydrogen-bond acceptors (Lipinski definition) is 3. The van der Waals surface area contributed by atoms with E-state index in [1.54, 1.807) is 23.9 Å². The van der Waals surface area contributed by atoms with Crippen molar-refractivity contribution in [3.05, 3.63) is 29.6 Å². The lowest BCUT2D eigenvalue weighted by molar-refractivity contribution is 0.624. The summed E-state index contributed by atoms with van der Waals surface area (Å²) in [6.07, 6.45) is 2.00. The molecule has 0 atom stereocenters. The van der Waals surface area contributed by atoms with Crippen molar-refractivity contribution in [2.75, 3.05) is 23.9 Å². The topological polar surface area (TPSA) is 35.8 Å². The lowest BCUT2D eigenvalue weighted by atomic mass is 10.2. The van der Waals surface area contributed by atoms with Crippen molar-refractivity contribution in [3.8, 4) is 6.07 Å². The van der Waals surface area contributed by atoms with Crippen LogP contribution >= 0.6 is 11.8 Å². The van der Waals surface area contributed by atoms with Crippen LogP contribution in [0.3, 0.4) is 0 Å². The molecule has 0 spiro atoms. The van der Waals surface area contributed by atoms with Crippen molar-refractivity contribution in [3.63, 3.8) is 0 Å². The van der Waals surface area contributed by atoms with Gasteiger partial charge in [0.25, 0.3) is 0 Å². The van der Waals surface area contributed by atoms with Crippen LogP contribution in [0.25, 0.3) is 0 Å². The number of thioether (sulfide) groups is 1. The number of nitrogens with zero attached hydrogens (tertiary/aromatic N) is 1. The van der Waals surface area contributed by atoms with Gasteiger partial charge in [-0.2, -0.15) is 17.0 Å². The third-order valence-corrected chi connectivity index (χ3v) is 2.36. The Morgan fingerprint density at radius 1 is 1.57 bits per heavy atom. The van der Waals surface area contributed by atoms with Crippen LogP contribution in [-0.4, -0.2) is 18.6 Å². The Morgan fingerprint density at radius 2 is 2.36 bits per heavy atom. The zero-order chi connectivity index (χ0) is 10.4. The average molecular weight is 210 g/mol. The van der Waals surface area contributed by atoms with Crippen molar-refractivity contribution in [1.29, 1.82) is 5.26 Å². The van der Waals surface area contributed by atoms with Gasteiger partial charge in [-0.15, -0.1) is 0 Å². The van der Waals surface area contributed by atoms with E-state index in [9.17, 15) is 4.39 Å². The minimum Gasteiger partial charge on any atom is -0.383 e. The fourth-order valence-corrected chi connectivity index (χ4v) is 1.38. The molecular weight excluding hydrogens is 199 g/mol. The lowest BCUT2D eigenvalue weighted by Gasteiger charge is -2.07. The van der Waals surface area contributed by atoms with Crippen molar-refractivity contribution in [1.82, 2.24) is 0 Å². The van der Waals surface area contributed by atoms with Crippen molar-refractivity contribution in [2.24, 2.45) is 0 Å². The van der Waals surface area contributed by atoms with Gasteiger partial charge in [0, 0.05) is 12.3 Å². The van der Waals surface area contributed by atoms with Gasteiger partial charge in [0.1, 0.15) is 17.4 Å². The van der Waals surface area contributed by atoms with Crippen LogP contribution in [-0.2, 0) is 0 Å².